The monoisotopic (exact) mass is 266 g/mol. The number of benzene rings is 1. The zero-order valence-corrected chi connectivity index (χ0v) is 11.0. The Balaban J connectivity index is 2.08. The molecule has 2 rings (SSSR count). The maximum absolute atomic E-state index is 13.2. The third kappa shape index (κ3) is 3.34. The van der Waals surface area contributed by atoms with Gasteiger partial charge in [-0.3, -0.25) is 4.57 Å². The van der Waals surface area contributed by atoms with Gasteiger partial charge in [0.2, 0.25) is 0 Å². The molecule has 1 aromatic heterocycles. The molecule has 1 heterocycles. The van der Waals surface area contributed by atoms with Crippen LogP contribution in [0.4, 0.5) is 4.39 Å². The molecule has 0 radical (unpaired) electrons. The maximum Gasteiger partial charge on any atom is 0.172 e. The minimum atomic E-state index is -0.244. The van der Waals surface area contributed by atoms with Crippen molar-refractivity contribution in [2.45, 2.75) is 12.1 Å². The van der Waals surface area contributed by atoms with Gasteiger partial charge in [0.25, 0.3) is 0 Å². The highest BCUT2D eigenvalue weighted by molar-refractivity contribution is 7.99. The van der Waals surface area contributed by atoms with E-state index in [4.69, 9.17) is 4.74 Å². The molecule has 0 amide bonds. The fourth-order valence-corrected chi connectivity index (χ4v) is 2.38. The zero-order valence-electron chi connectivity index (χ0n) is 10.2. The topological polar surface area (TPSA) is 27.1 Å². The van der Waals surface area contributed by atoms with Gasteiger partial charge in [-0.1, -0.05) is 17.8 Å². The van der Waals surface area contributed by atoms with Gasteiger partial charge in [0.15, 0.2) is 5.16 Å². The van der Waals surface area contributed by atoms with Gasteiger partial charge in [0.05, 0.1) is 12.3 Å². The Labute approximate surface area is 110 Å². The highest BCUT2D eigenvalue weighted by Gasteiger charge is 2.06. The highest BCUT2D eigenvalue weighted by atomic mass is 32.2. The number of imidazole rings is 1. The van der Waals surface area contributed by atoms with Gasteiger partial charge >= 0.3 is 0 Å². The smallest absolute Gasteiger partial charge is 0.172 e. The first-order chi connectivity index (χ1) is 8.81. The fraction of sp³-hybridized carbons (Fsp3) is 0.308. The summed E-state index contributed by atoms with van der Waals surface area (Å²) in [5.74, 6) is 0.589. The number of hydrogen-bond acceptors (Lipinski definition) is 3. The SMILES string of the molecule is CCOCCSc1nccn1-c1cccc(F)c1. The predicted octanol–water partition coefficient (Wildman–Crippen LogP) is 3.14. The summed E-state index contributed by atoms with van der Waals surface area (Å²) in [7, 11) is 0. The van der Waals surface area contributed by atoms with Crippen LogP contribution in [0.3, 0.4) is 0 Å². The van der Waals surface area contributed by atoms with Gasteiger partial charge in [0.1, 0.15) is 5.82 Å². The van der Waals surface area contributed by atoms with Crippen LogP contribution in [0.1, 0.15) is 6.92 Å². The number of rotatable bonds is 6. The van der Waals surface area contributed by atoms with Crippen molar-refractivity contribution in [1.29, 1.82) is 0 Å². The van der Waals surface area contributed by atoms with Crippen molar-refractivity contribution in [2.75, 3.05) is 19.0 Å². The molecule has 0 bridgehead atoms. The van der Waals surface area contributed by atoms with E-state index in [1.807, 2.05) is 23.8 Å². The molecule has 5 heteroatoms. The van der Waals surface area contributed by atoms with Crippen molar-refractivity contribution in [1.82, 2.24) is 9.55 Å². The van der Waals surface area contributed by atoms with E-state index in [1.54, 1.807) is 24.0 Å². The van der Waals surface area contributed by atoms with Crippen molar-refractivity contribution in [3.63, 3.8) is 0 Å². The van der Waals surface area contributed by atoms with E-state index in [0.29, 0.717) is 6.61 Å². The Morgan fingerprint density at radius 1 is 1.44 bits per heavy atom. The van der Waals surface area contributed by atoms with Crippen LogP contribution in [0, 0.1) is 5.82 Å². The molecule has 0 N–H and O–H groups in total. The number of ether oxygens (including phenoxy) is 1. The van der Waals surface area contributed by atoms with E-state index in [2.05, 4.69) is 4.98 Å². The van der Waals surface area contributed by atoms with E-state index in [-0.39, 0.29) is 5.82 Å². The molecule has 18 heavy (non-hydrogen) atoms. The summed E-state index contributed by atoms with van der Waals surface area (Å²) in [6, 6.07) is 6.48. The first kappa shape index (κ1) is 13.1. The molecule has 0 aliphatic carbocycles. The van der Waals surface area contributed by atoms with E-state index >= 15 is 0 Å². The van der Waals surface area contributed by atoms with Gasteiger partial charge < -0.3 is 4.74 Å². The Bertz CT molecular complexity index is 501. The lowest BCUT2D eigenvalue weighted by Crippen LogP contribution is -2.00. The molecule has 3 nitrogen and oxygen atoms in total. The molecule has 0 saturated carbocycles. The van der Waals surface area contributed by atoms with E-state index in [1.165, 1.54) is 12.1 Å². The summed E-state index contributed by atoms with van der Waals surface area (Å²) in [6.07, 6.45) is 3.55. The normalized spacial score (nSPS) is 10.8. The maximum atomic E-state index is 13.2. The number of aromatic nitrogens is 2. The minimum absolute atomic E-state index is 0.244. The number of halogens is 1. The predicted molar refractivity (Wildman–Crippen MR) is 70.7 cm³/mol. The molecular formula is C13H15FN2OS. The molecule has 0 aliphatic heterocycles. The Kier molecular flexibility index (Phi) is 4.78. The van der Waals surface area contributed by atoms with Crippen molar-refractivity contribution in [2.24, 2.45) is 0 Å². The van der Waals surface area contributed by atoms with Crippen molar-refractivity contribution < 1.29 is 9.13 Å². The van der Waals surface area contributed by atoms with Gasteiger partial charge in [-0.2, -0.15) is 0 Å². The molecule has 0 unspecified atom stereocenters. The summed E-state index contributed by atoms with van der Waals surface area (Å²) < 4.78 is 20.3. The Morgan fingerprint density at radius 3 is 3.11 bits per heavy atom. The molecule has 0 aliphatic rings. The second kappa shape index (κ2) is 6.56. The summed E-state index contributed by atoms with van der Waals surface area (Å²) in [6.45, 7) is 3.38. The lowest BCUT2D eigenvalue weighted by atomic mass is 10.3. The minimum Gasteiger partial charge on any atom is -0.381 e. The van der Waals surface area contributed by atoms with Crippen LogP contribution >= 0.6 is 11.8 Å². The number of hydrogen-bond donors (Lipinski definition) is 0. The average molecular weight is 266 g/mol. The van der Waals surface area contributed by atoms with E-state index in [9.17, 15) is 4.39 Å². The van der Waals surface area contributed by atoms with Crippen LogP contribution in [0.15, 0.2) is 41.8 Å². The van der Waals surface area contributed by atoms with Gasteiger partial charge in [-0.15, -0.1) is 0 Å². The molecule has 2 aromatic rings. The lowest BCUT2D eigenvalue weighted by Gasteiger charge is -2.07. The van der Waals surface area contributed by atoms with Gasteiger partial charge in [0, 0.05) is 24.8 Å². The van der Waals surface area contributed by atoms with Crippen molar-refractivity contribution in [3.8, 4) is 5.69 Å². The van der Waals surface area contributed by atoms with Crippen molar-refractivity contribution >= 4 is 11.8 Å². The first-order valence-corrected chi connectivity index (χ1v) is 6.79. The average Bonchev–Trinajstić information content (AvgIpc) is 2.83. The van der Waals surface area contributed by atoms with E-state index in [0.717, 1.165) is 23.2 Å². The molecule has 0 saturated heterocycles. The highest BCUT2D eigenvalue weighted by Crippen LogP contribution is 2.20. The van der Waals surface area contributed by atoms with Gasteiger partial charge in [-0.05, 0) is 25.1 Å². The van der Waals surface area contributed by atoms with E-state index < -0.39 is 0 Å². The molecule has 96 valence electrons. The standard InChI is InChI=1S/C13H15FN2OS/c1-2-17-8-9-18-13-15-6-7-16(13)12-5-3-4-11(14)10-12/h3-7,10H,2,8-9H2,1H3. The lowest BCUT2D eigenvalue weighted by molar-refractivity contribution is 0.164. The summed E-state index contributed by atoms with van der Waals surface area (Å²) in [4.78, 5) is 4.27. The Hall–Kier alpha value is -1.33. The zero-order chi connectivity index (χ0) is 12.8. The third-order valence-corrected chi connectivity index (χ3v) is 3.29. The van der Waals surface area contributed by atoms with Crippen LogP contribution in [-0.2, 0) is 4.74 Å². The van der Waals surface area contributed by atoms with Crippen LogP contribution in [0.25, 0.3) is 5.69 Å². The Morgan fingerprint density at radius 2 is 2.33 bits per heavy atom. The van der Waals surface area contributed by atoms with Crippen LogP contribution in [0.2, 0.25) is 0 Å². The largest absolute Gasteiger partial charge is 0.381 e. The third-order valence-electron chi connectivity index (χ3n) is 2.36. The fourth-order valence-electron chi connectivity index (χ4n) is 1.56. The summed E-state index contributed by atoms with van der Waals surface area (Å²) >= 11 is 1.60. The van der Waals surface area contributed by atoms with Crippen LogP contribution in [0.5, 0.6) is 0 Å². The second-order valence-electron chi connectivity index (χ2n) is 3.61. The molecule has 1 aromatic carbocycles. The van der Waals surface area contributed by atoms with Crippen LogP contribution in [-0.4, -0.2) is 28.5 Å². The second-order valence-corrected chi connectivity index (χ2v) is 4.67. The number of nitrogens with zero attached hydrogens (tertiary/aromatic N) is 2. The van der Waals surface area contributed by atoms with Crippen molar-refractivity contribution in [3.05, 3.63) is 42.5 Å². The molecular weight excluding hydrogens is 251 g/mol. The van der Waals surface area contributed by atoms with Crippen LogP contribution < -0.4 is 0 Å². The summed E-state index contributed by atoms with van der Waals surface area (Å²) in [5, 5.41) is 0.848. The first-order valence-electron chi connectivity index (χ1n) is 5.81. The van der Waals surface area contributed by atoms with Gasteiger partial charge in [-0.25, -0.2) is 9.37 Å². The molecule has 0 atom stereocenters. The number of thioether (sulfide) groups is 1. The molecule has 0 fully saturated rings. The molecule has 0 spiro atoms. The quantitative estimate of drug-likeness (QED) is 0.593. The summed E-state index contributed by atoms with van der Waals surface area (Å²) in [5.41, 5.74) is 0.784.